The molecule has 0 spiro atoms. The summed E-state index contributed by atoms with van der Waals surface area (Å²) in [5, 5.41) is 8.64. The number of nitrogens with one attached hydrogen (secondary N) is 1. The number of benzene rings is 1. The van der Waals surface area contributed by atoms with Crippen LogP contribution in [-0.2, 0) is 24.2 Å². The van der Waals surface area contributed by atoms with Crippen LogP contribution in [0.4, 0.5) is 0 Å². The first-order valence-corrected chi connectivity index (χ1v) is 12.9. The van der Waals surface area contributed by atoms with Crippen LogP contribution in [0.1, 0.15) is 36.4 Å². The van der Waals surface area contributed by atoms with Gasteiger partial charge in [0.1, 0.15) is 5.71 Å². The Hall–Kier alpha value is -2.30. The standard InChI is InChI=1S/C22H30N4O5S/c1-16-2-4-17(5-3-16)20(14-25-9-11-31-12-10-25)23-22(28)19-6-7-21(27)26(24-19)18-8-13-32(29,30)15-18/h2-5,18,20H,6-15H2,1H3,(H,23,28)/t18-,20-/m1/s1. The number of aryl methyl sites for hydroxylation is 1. The molecule has 2 fully saturated rings. The zero-order valence-corrected chi connectivity index (χ0v) is 19.1. The molecule has 3 aliphatic heterocycles. The topological polar surface area (TPSA) is 108 Å². The lowest BCUT2D eigenvalue weighted by atomic mass is 10.0. The van der Waals surface area contributed by atoms with Crippen LogP contribution in [0.2, 0.25) is 0 Å². The Balaban J connectivity index is 1.50. The number of sulfone groups is 1. The molecule has 1 aromatic rings. The molecular formula is C22H30N4O5S. The normalized spacial score (nSPS) is 24.8. The van der Waals surface area contributed by atoms with Crippen molar-refractivity contribution in [1.29, 1.82) is 0 Å². The van der Waals surface area contributed by atoms with Crippen LogP contribution in [-0.4, -0.2) is 86.2 Å². The lowest BCUT2D eigenvalue weighted by molar-refractivity contribution is -0.133. The van der Waals surface area contributed by atoms with Crippen LogP contribution >= 0.6 is 0 Å². The molecule has 2 saturated heterocycles. The van der Waals surface area contributed by atoms with Crippen molar-refractivity contribution in [2.45, 2.75) is 38.3 Å². The fourth-order valence-corrected chi connectivity index (χ4v) is 6.00. The minimum Gasteiger partial charge on any atom is -0.379 e. The molecule has 2 amide bonds. The Labute approximate surface area is 188 Å². The van der Waals surface area contributed by atoms with E-state index in [1.165, 1.54) is 5.01 Å². The Kier molecular flexibility index (Phi) is 6.92. The number of morpholine rings is 1. The van der Waals surface area contributed by atoms with Gasteiger partial charge in [-0.2, -0.15) is 5.10 Å². The lowest BCUT2D eigenvalue weighted by Gasteiger charge is -2.32. The van der Waals surface area contributed by atoms with Crippen molar-refractivity contribution >= 4 is 27.4 Å². The lowest BCUT2D eigenvalue weighted by Crippen LogP contribution is -2.47. The molecule has 3 heterocycles. The van der Waals surface area contributed by atoms with Gasteiger partial charge in [-0.1, -0.05) is 29.8 Å². The highest BCUT2D eigenvalue weighted by Gasteiger charge is 2.37. The van der Waals surface area contributed by atoms with Gasteiger partial charge in [0.2, 0.25) is 5.91 Å². The number of nitrogens with zero attached hydrogens (tertiary/aromatic N) is 3. The predicted molar refractivity (Wildman–Crippen MR) is 120 cm³/mol. The first-order valence-electron chi connectivity index (χ1n) is 11.1. The van der Waals surface area contributed by atoms with Crippen molar-refractivity contribution in [2.75, 3.05) is 44.4 Å². The highest BCUT2D eigenvalue weighted by Crippen LogP contribution is 2.23. The summed E-state index contributed by atoms with van der Waals surface area (Å²) < 4.78 is 29.1. The van der Waals surface area contributed by atoms with Gasteiger partial charge in [-0.05, 0) is 18.9 Å². The fourth-order valence-electron chi connectivity index (χ4n) is 4.30. The number of carbonyl (C=O) groups excluding carboxylic acids is 2. The summed E-state index contributed by atoms with van der Waals surface area (Å²) in [5.74, 6) is -0.595. The highest BCUT2D eigenvalue weighted by molar-refractivity contribution is 7.91. The molecule has 0 unspecified atom stereocenters. The number of carbonyl (C=O) groups is 2. The van der Waals surface area contributed by atoms with Crippen LogP contribution in [0, 0.1) is 6.92 Å². The van der Waals surface area contributed by atoms with Crippen LogP contribution in [0.5, 0.6) is 0 Å². The monoisotopic (exact) mass is 462 g/mol. The molecule has 174 valence electrons. The summed E-state index contributed by atoms with van der Waals surface area (Å²) in [6, 6.07) is 7.35. The van der Waals surface area contributed by atoms with E-state index in [9.17, 15) is 18.0 Å². The molecule has 1 N–H and O–H groups in total. The second-order valence-electron chi connectivity index (χ2n) is 8.69. The number of ether oxygens (including phenoxy) is 1. The Morgan fingerprint density at radius 3 is 2.59 bits per heavy atom. The number of hydrogen-bond acceptors (Lipinski definition) is 7. The molecule has 10 heteroatoms. The predicted octanol–water partition coefficient (Wildman–Crippen LogP) is 0.650. The first-order chi connectivity index (χ1) is 15.3. The van der Waals surface area contributed by atoms with Crippen molar-refractivity contribution in [3.8, 4) is 0 Å². The summed E-state index contributed by atoms with van der Waals surface area (Å²) in [5.41, 5.74) is 2.41. The van der Waals surface area contributed by atoms with Crippen molar-refractivity contribution in [2.24, 2.45) is 5.10 Å². The second kappa shape index (κ2) is 9.68. The number of hydrazone groups is 1. The zero-order valence-electron chi connectivity index (χ0n) is 18.3. The largest absolute Gasteiger partial charge is 0.379 e. The quantitative estimate of drug-likeness (QED) is 0.665. The van der Waals surface area contributed by atoms with E-state index in [1.54, 1.807) is 0 Å². The van der Waals surface area contributed by atoms with Crippen molar-refractivity contribution in [1.82, 2.24) is 15.2 Å². The van der Waals surface area contributed by atoms with E-state index in [4.69, 9.17) is 4.74 Å². The smallest absolute Gasteiger partial charge is 0.268 e. The third-order valence-corrected chi connectivity index (χ3v) is 7.96. The summed E-state index contributed by atoms with van der Waals surface area (Å²) in [6.45, 7) is 5.61. The molecule has 9 nitrogen and oxygen atoms in total. The number of rotatable bonds is 6. The molecule has 1 aromatic carbocycles. The van der Waals surface area contributed by atoms with Gasteiger partial charge in [0.05, 0.1) is 36.8 Å². The molecule has 4 rings (SSSR count). The van der Waals surface area contributed by atoms with Gasteiger partial charge in [0, 0.05) is 32.5 Å². The summed E-state index contributed by atoms with van der Waals surface area (Å²) >= 11 is 0. The molecular weight excluding hydrogens is 432 g/mol. The van der Waals surface area contributed by atoms with Crippen LogP contribution in [0.15, 0.2) is 29.4 Å². The first kappa shape index (κ1) is 22.9. The van der Waals surface area contributed by atoms with Gasteiger partial charge in [-0.15, -0.1) is 0 Å². The van der Waals surface area contributed by atoms with Crippen molar-refractivity contribution in [3.63, 3.8) is 0 Å². The van der Waals surface area contributed by atoms with E-state index in [2.05, 4.69) is 15.3 Å². The zero-order chi connectivity index (χ0) is 22.7. The Morgan fingerprint density at radius 2 is 1.94 bits per heavy atom. The van der Waals surface area contributed by atoms with Gasteiger partial charge in [-0.3, -0.25) is 14.5 Å². The maximum atomic E-state index is 13.1. The molecule has 0 bridgehead atoms. The third kappa shape index (κ3) is 5.54. The van der Waals surface area contributed by atoms with Gasteiger partial charge < -0.3 is 10.1 Å². The summed E-state index contributed by atoms with van der Waals surface area (Å²) in [4.78, 5) is 27.8. The van der Waals surface area contributed by atoms with Crippen LogP contribution in [0.3, 0.4) is 0 Å². The van der Waals surface area contributed by atoms with E-state index in [0.29, 0.717) is 26.2 Å². The van der Waals surface area contributed by atoms with Gasteiger partial charge >= 0.3 is 0 Å². The Morgan fingerprint density at radius 1 is 1.22 bits per heavy atom. The van der Waals surface area contributed by atoms with Gasteiger partial charge in [-0.25, -0.2) is 13.4 Å². The highest BCUT2D eigenvalue weighted by atomic mass is 32.2. The molecule has 3 aliphatic rings. The van der Waals surface area contributed by atoms with Crippen LogP contribution < -0.4 is 5.32 Å². The summed E-state index contributed by atoms with van der Waals surface area (Å²) in [7, 11) is -3.16. The average Bonchev–Trinajstić information content (AvgIpc) is 3.14. The maximum absolute atomic E-state index is 13.1. The molecule has 0 saturated carbocycles. The minimum atomic E-state index is -3.16. The Bertz CT molecular complexity index is 986. The van der Waals surface area contributed by atoms with E-state index in [1.807, 2.05) is 31.2 Å². The average molecular weight is 463 g/mol. The van der Waals surface area contributed by atoms with E-state index >= 15 is 0 Å². The van der Waals surface area contributed by atoms with Crippen molar-refractivity contribution < 1.29 is 22.7 Å². The maximum Gasteiger partial charge on any atom is 0.268 e. The minimum absolute atomic E-state index is 0.0492. The summed E-state index contributed by atoms with van der Waals surface area (Å²) in [6.07, 6.45) is 0.760. The number of hydrogen-bond donors (Lipinski definition) is 1. The molecule has 2 atom stereocenters. The van der Waals surface area contributed by atoms with E-state index < -0.39 is 15.9 Å². The second-order valence-corrected chi connectivity index (χ2v) is 10.9. The van der Waals surface area contributed by atoms with E-state index in [-0.39, 0.29) is 47.9 Å². The molecule has 32 heavy (non-hydrogen) atoms. The van der Waals surface area contributed by atoms with Gasteiger partial charge in [0.15, 0.2) is 9.84 Å². The van der Waals surface area contributed by atoms with Gasteiger partial charge in [0.25, 0.3) is 5.91 Å². The third-order valence-electron chi connectivity index (χ3n) is 6.21. The van der Waals surface area contributed by atoms with Crippen LogP contribution in [0.25, 0.3) is 0 Å². The van der Waals surface area contributed by atoms with E-state index in [0.717, 1.165) is 24.2 Å². The molecule has 0 radical (unpaired) electrons. The SMILES string of the molecule is Cc1ccc([C@@H](CN2CCOCC2)NC(=O)C2=NN([C@@H]3CCS(=O)(=O)C3)C(=O)CC2)cc1. The molecule has 0 aromatic heterocycles. The molecule has 0 aliphatic carbocycles. The number of amides is 2. The fraction of sp³-hybridized carbons (Fsp3) is 0.591. The van der Waals surface area contributed by atoms with Crippen molar-refractivity contribution in [3.05, 3.63) is 35.4 Å².